The highest BCUT2D eigenvalue weighted by molar-refractivity contribution is 6.10. The van der Waals surface area contributed by atoms with E-state index in [-0.39, 0.29) is 5.91 Å². The molecular formula is C27H30N2O3. The van der Waals surface area contributed by atoms with Crippen molar-refractivity contribution in [2.24, 2.45) is 0 Å². The number of carbonyl (C=O) groups is 1. The maximum atomic E-state index is 13.0. The number of fused-ring (bicyclic) bond motifs is 3. The van der Waals surface area contributed by atoms with Crippen molar-refractivity contribution >= 4 is 27.7 Å². The third-order valence-electron chi connectivity index (χ3n) is 5.63. The van der Waals surface area contributed by atoms with Crippen molar-refractivity contribution in [3.05, 3.63) is 78.4 Å². The molecule has 0 aliphatic heterocycles. The number of carbonyl (C=O) groups excluding carboxylic acids is 1. The van der Waals surface area contributed by atoms with Crippen molar-refractivity contribution in [2.75, 3.05) is 0 Å². The first-order valence-corrected chi connectivity index (χ1v) is 11.4. The first-order chi connectivity index (χ1) is 15.8. The minimum absolute atomic E-state index is 0.255. The number of para-hydroxylation sites is 1. The van der Waals surface area contributed by atoms with Crippen LogP contribution in [-0.4, -0.2) is 17.0 Å². The van der Waals surface area contributed by atoms with Gasteiger partial charge in [0, 0.05) is 16.3 Å². The number of benzene rings is 3. The second kappa shape index (κ2) is 10.8. The largest absolute Gasteiger partial charge is 0.480 e. The van der Waals surface area contributed by atoms with Gasteiger partial charge in [0.05, 0.1) is 12.1 Å². The minimum atomic E-state index is -0.623. The van der Waals surface area contributed by atoms with Crippen molar-refractivity contribution in [1.29, 1.82) is 0 Å². The Bertz CT molecular complexity index is 1150. The molecule has 0 radical (unpaired) electrons. The summed E-state index contributed by atoms with van der Waals surface area (Å²) >= 11 is 0. The fraction of sp³-hybridized carbons (Fsp3) is 0.296. The number of hydroxylamine groups is 1. The molecule has 0 aliphatic carbocycles. The number of hydrogen-bond acceptors (Lipinski definition) is 3. The lowest BCUT2D eigenvalue weighted by Crippen LogP contribution is -2.38. The van der Waals surface area contributed by atoms with Gasteiger partial charge < -0.3 is 9.72 Å². The zero-order valence-electron chi connectivity index (χ0n) is 18.5. The van der Waals surface area contributed by atoms with E-state index in [4.69, 9.17) is 9.57 Å². The first kappa shape index (κ1) is 21.9. The molecule has 1 heterocycles. The summed E-state index contributed by atoms with van der Waals surface area (Å²) in [6.07, 6.45) is 4.31. The van der Waals surface area contributed by atoms with Gasteiger partial charge in [-0.2, -0.15) is 0 Å². The molecule has 0 saturated carbocycles. The number of hydrogen-bond donors (Lipinski definition) is 2. The van der Waals surface area contributed by atoms with Crippen LogP contribution in [0.3, 0.4) is 0 Å². The summed E-state index contributed by atoms with van der Waals surface area (Å²) in [4.78, 5) is 21.9. The Morgan fingerprint density at radius 2 is 1.69 bits per heavy atom. The van der Waals surface area contributed by atoms with Gasteiger partial charge in [-0.1, -0.05) is 80.8 Å². The van der Waals surface area contributed by atoms with Gasteiger partial charge in [-0.15, -0.1) is 0 Å². The predicted molar refractivity (Wildman–Crippen MR) is 128 cm³/mol. The van der Waals surface area contributed by atoms with Crippen molar-refractivity contribution in [3.63, 3.8) is 0 Å². The minimum Gasteiger partial charge on any atom is -0.480 e. The van der Waals surface area contributed by atoms with E-state index >= 15 is 0 Å². The number of H-pyrrole nitrogens is 1. The quantitative estimate of drug-likeness (QED) is 0.217. The van der Waals surface area contributed by atoms with Gasteiger partial charge >= 0.3 is 0 Å². The Kier molecular flexibility index (Phi) is 7.41. The molecule has 0 aliphatic rings. The fourth-order valence-corrected chi connectivity index (χ4v) is 3.95. The number of aromatic amines is 1. The topological polar surface area (TPSA) is 63.4 Å². The molecule has 5 nitrogen and oxygen atoms in total. The van der Waals surface area contributed by atoms with Gasteiger partial charge in [-0.3, -0.25) is 9.63 Å². The summed E-state index contributed by atoms with van der Waals surface area (Å²) in [5, 5.41) is 2.09. The van der Waals surface area contributed by atoms with Gasteiger partial charge in [-0.05, 0) is 36.6 Å². The fourth-order valence-electron chi connectivity index (χ4n) is 3.95. The predicted octanol–water partition coefficient (Wildman–Crippen LogP) is 6.29. The summed E-state index contributed by atoms with van der Waals surface area (Å²) in [5.74, 6) is 0.452. The summed E-state index contributed by atoms with van der Waals surface area (Å²) in [6, 6.07) is 23.8. The Morgan fingerprint density at radius 1 is 0.906 bits per heavy atom. The maximum absolute atomic E-state index is 13.0. The monoisotopic (exact) mass is 430 g/mol. The highest BCUT2D eigenvalue weighted by atomic mass is 16.7. The normalized spacial score (nSPS) is 12.2. The molecule has 3 aromatic carbocycles. The Hall–Kier alpha value is -3.31. The van der Waals surface area contributed by atoms with Gasteiger partial charge in [0.25, 0.3) is 5.91 Å². The van der Waals surface area contributed by atoms with Crippen molar-refractivity contribution < 1.29 is 14.4 Å². The second-order valence-corrected chi connectivity index (χ2v) is 8.05. The molecule has 0 spiro atoms. The second-order valence-electron chi connectivity index (χ2n) is 8.05. The highest BCUT2D eigenvalue weighted by Crippen LogP contribution is 2.34. The zero-order valence-corrected chi connectivity index (χ0v) is 18.5. The van der Waals surface area contributed by atoms with Crippen LogP contribution in [0.1, 0.15) is 44.6 Å². The van der Waals surface area contributed by atoms with Crippen LogP contribution < -0.4 is 10.2 Å². The van der Waals surface area contributed by atoms with E-state index in [1.807, 2.05) is 66.7 Å². The third-order valence-corrected chi connectivity index (χ3v) is 5.63. The average molecular weight is 431 g/mol. The standard InChI is InChI=1S/C27H30N2O3/c1-2-3-4-8-17-25(27(30)29-31-19-20-12-6-5-7-13-20)32-24-18-11-16-23-26(24)21-14-9-10-15-22(21)28-23/h5-7,9-16,18,25,28H,2-4,8,17,19H2,1H3,(H,29,30). The molecule has 1 aromatic heterocycles. The molecular weight excluding hydrogens is 400 g/mol. The van der Waals surface area contributed by atoms with E-state index in [1.54, 1.807) is 0 Å². The van der Waals surface area contributed by atoms with Gasteiger partial charge in [0.2, 0.25) is 0 Å². The molecule has 1 atom stereocenters. The van der Waals surface area contributed by atoms with Gasteiger partial charge in [0.15, 0.2) is 6.10 Å². The molecule has 4 aromatic rings. The third kappa shape index (κ3) is 5.29. The molecule has 5 heteroatoms. The molecule has 0 bridgehead atoms. The maximum Gasteiger partial charge on any atom is 0.284 e. The van der Waals surface area contributed by atoms with E-state index in [1.165, 1.54) is 0 Å². The number of unbranched alkanes of at least 4 members (excludes halogenated alkanes) is 3. The van der Waals surface area contributed by atoms with Crippen molar-refractivity contribution in [2.45, 2.75) is 51.7 Å². The van der Waals surface area contributed by atoms with Crippen molar-refractivity contribution in [3.8, 4) is 5.75 Å². The first-order valence-electron chi connectivity index (χ1n) is 11.4. The smallest absolute Gasteiger partial charge is 0.284 e. The van der Waals surface area contributed by atoms with Gasteiger partial charge in [0.1, 0.15) is 5.75 Å². The summed E-state index contributed by atoms with van der Waals surface area (Å²) < 4.78 is 6.33. The molecule has 1 unspecified atom stereocenters. The lowest BCUT2D eigenvalue weighted by atomic mass is 10.1. The van der Waals surface area contributed by atoms with Crippen LogP contribution in [0, 0.1) is 0 Å². The van der Waals surface area contributed by atoms with E-state index in [9.17, 15) is 4.79 Å². The van der Waals surface area contributed by atoms with E-state index in [0.717, 1.165) is 53.1 Å². The van der Waals surface area contributed by atoms with Crippen molar-refractivity contribution in [1.82, 2.24) is 10.5 Å². The number of aromatic nitrogens is 1. The lowest BCUT2D eigenvalue weighted by molar-refractivity contribution is -0.142. The number of rotatable bonds is 11. The Labute approximate surface area is 188 Å². The van der Waals surface area contributed by atoms with Gasteiger partial charge in [-0.25, -0.2) is 5.48 Å². The molecule has 32 heavy (non-hydrogen) atoms. The lowest BCUT2D eigenvalue weighted by Gasteiger charge is -2.19. The van der Waals surface area contributed by atoms with Crippen LogP contribution in [0.4, 0.5) is 0 Å². The summed E-state index contributed by atoms with van der Waals surface area (Å²) in [5.41, 5.74) is 5.64. The number of nitrogens with one attached hydrogen (secondary N) is 2. The van der Waals surface area contributed by atoms with Crippen LogP contribution in [0.2, 0.25) is 0 Å². The van der Waals surface area contributed by atoms with Crippen LogP contribution >= 0.6 is 0 Å². The van der Waals surface area contributed by atoms with Crippen LogP contribution in [-0.2, 0) is 16.2 Å². The average Bonchev–Trinajstić information content (AvgIpc) is 3.21. The van der Waals surface area contributed by atoms with Crippen LogP contribution in [0.15, 0.2) is 72.8 Å². The zero-order chi connectivity index (χ0) is 22.2. The highest BCUT2D eigenvalue weighted by Gasteiger charge is 2.22. The SMILES string of the molecule is CCCCCCC(Oc1cccc2[nH]c3ccccc3c12)C(=O)NOCc1ccccc1. The van der Waals surface area contributed by atoms with E-state index in [2.05, 4.69) is 23.5 Å². The molecule has 2 N–H and O–H groups in total. The molecule has 0 fully saturated rings. The van der Waals surface area contributed by atoms with E-state index in [0.29, 0.717) is 18.8 Å². The molecule has 166 valence electrons. The van der Waals surface area contributed by atoms with Crippen LogP contribution in [0.5, 0.6) is 5.75 Å². The molecule has 1 amide bonds. The molecule has 0 saturated heterocycles. The van der Waals surface area contributed by atoms with E-state index < -0.39 is 6.10 Å². The Morgan fingerprint density at radius 3 is 2.53 bits per heavy atom. The molecule has 4 rings (SSSR count). The number of amides is 1. The Balaban J connectivity index is 1.50. The van der Waals surface area contributed by atoms with Crippen LogP contribution in [0.25, 0.3) is 21.8 Å². The summed E-state index contributed by atoms with van der Waals surface area (Å²) in [7, 11) is 0. The summed E-state index contributed by atoms with van der Waals surface area (Å²) in [6.45, 7) is 2.49. The number of ether oxygens (including phenoxy) is 1.